The van der Waals surface area contributed by atoms with Crippen molar-refractivity contribution in [2.45, 2.75) is 32.4 Å². The number of hydrogen-bond acceptors (Lipinski definition) is 5. The quantitative estimate of drug-likeness (QED) is 0.406. The number of likely N-dealkylation sites (N-methyl/N-ethyl adjacent to an activating group) is 1. The van der Waals surface area contributed by atoms with Crippen molar-refractivity contribution in [2.24, 2.45) is 0 Å². The van der Waals surface area contributed by atoms with Crippen molar-refractivity contribution in [3.05, 3.63) is 29.3 Å². The molecule has 6 nitrogen and oxygen atoms in total. The van der Waals surface area contributed by atoms with Gasteiger partial charge in [0, 0.05) is 25.9 Å². The summed E-state index contributed by atoms with van der Waals surface area (Å²) in [5.41, 5.74) is 8.56. The van der Waals surface area contributed by atoms with E-state index in [1.165, 1.54) is 0 Å². The van der Waals surface area contributed by atoms with E-state index in [0.29, 0.717) is 25.1 Å². The predicted octanol–water partition coefficient (Wildman–Crippen LogP) is 0.216. The van der Waals surface area contributed by atoms with E-state index in [4.69, 9.17) is 10.8 Å². The van der Waals surface area contributed by atoms with Crippen molar-refractivity contribution >= 4 is 11.6 Å². The van der Waals surface area contributed by atoms with Crippen molar-refractivity contribution in [3.8, 4) is 0 Å². The summed E-state index contributed by atoms with van der Waals surface area (Å²) in [6.45, 7) is 2.10. The first-order valence-electron chi connectivity index (χ1n) is 7.06. The van der Waals surface area contributed by atoms with Gasteiger partial charge in [0.05, 0.1) is 12.8 Å². The minimum atomic E-state index is -0.494. The molecule has 0 fully saturated rings. The summed E-state index contributed by atoms with van der Waals surface area (Å²) in [5, 5.41) is 21.2. The van der Waals surface area contributed by atoms with Crippen LogP contribution in [-0.4, -0.2) is 47.4 Å². The molecule has 0 heterocycles. The van der Waals surface area contributed by atoms with Gasteiger partial charge in [0.15, 0.2) is 0 Å². The van der Waals surface area contributed by atoms with Crippen molar-refractivity contribution < 1.29 is 15.0 Å². The van der Waals surface area contributed by atoms with E-state index in [1.807, 2.05) is 19.1 Å². The molecule has 0 aliphatic rings. The highest BCUT2D eigenvalue weighted by molar-refractivity contribution is 5.81. The maximum absolute atomic E-state index is 12.0. The molecule has 1 amide bonds. The summed E-state index contributed by atoms with van der Waals surface area (Å²) in [6.07, 6.45) is 0.973. The number of anilines is 1. The Kier molecular flexibility index (Phi) is 7.14. The molecule has 1 atom stereocenters. The molecule has 5 N–H and O–H groups in total. The maximum atomic E-state index is 12.0. The minimum Gasteiger partial charge on any atom is -0.398 e. The highest BCUT2D eigenvalue weighted by Gasteiger charge is 2.25. The molecular weight excluding hydrogens is 270 g/mol. The van der Waals surface area contributed by atoms with Crippen molar-refractivity contribution in [2.75, 3.05) is 26.1 Å². The zero-order valence-corrected chi connectivity index (χ0v) is 12.7. The summed E-state index contributed by atoms with van der Waals surface area (Å²) < 4.78 is 0. The lowest BCUT2D eigenvalue weighted by Gasteiger charge is -2.29. The number of nitrogens with one attached hydrogen (secondary N) is 1. The Hall–Kier alpha value is -1.63. The van der Waals surface area contributed by atoms with Gasteiger partial charge >= 0.3 is 0 Å². The van der Waals surface area contributed by atoms with E-state index in [0.717, 1.165) is 11.1 Å². The van der Waals surface area contributed by atoms with Crippen LogP contribution in [0.4, 0.5) is 5.69 Å². The summed E-state index contributed by atoms with van der Waals surface area (Å²) in [6, 6.07) is 5.13. The van der Waals surface area contributed by atoms with Crippen molar-refractivity contribution in [1.29, 1.82) is 0 Å². The number of aryl methyl sites for hydroxylation is 1. The third-order valence-electron chi connectivity index (χ3n) is 3.61. The number of carbonyl (C=O) groups is 1. The van der Waals surface area contributed by atoms with E-state index >= 15 is 0 Å². The molecular formula is C15H25N3O3. The largest absolute Gasteiger partial charge is 0.398 e. The minimum absolute atomic E-state index is 0.0132. The Morgan fingerprint density at radius 1 is 1.43 bits per heavy atom. The Balaban J connectivity index is 2.95. The van der Waals surface area contributed by atoms with E-state index in [-0.39, 0.29) is 19.2 Å². The molecule has 0 bridgehead atoms. The molecule has 0 aliphatic heterocycles. The Bertz CT molecular complexity index is 445. The number of nitrogens with two attached hydrogens (primary N) is 1. The highest BCUT2D eigenvalue weighted by atomic mass is 16.3. The molecule has 118 valence electrons. The van der Waals surface area contributed by atoms with Crippen LogP contribution >= 0.6 is 0 Å². The Labute approximate surface area is 125 Å². The van der Waals surface area contributed by atoms with Crippen LogP contribution in [0, 0.1) is 6.92 Å². The van der Waals surface area contributed by atoms with Crippen molar-refractivity contribution in [1.82, 2.24) is 10.2 Å². The zero-order valence-electron chi connectivity index (χ0n) is 12.7. The number of nitrogens with zero attached hydrogens (tertiary/aromatic N) is 1. The van der Waals surface area contributed by atoms with Gasteiger partial charge in [0.2, 0.25) is 5.91 Å². The number of amides is 1. The lowest BCUT2D eigenvalue weighted by Crippen LogP contribution is -2.46. The van der Waals surface area contributed by atoms with Crippen LogP contribution in [0.3, 0.4) is 0 Å². The average Bonchev–Trinajstić information content (AvgIpc) is 2.48. The van der Waals surface area contributed by atoms with Gasteiger partial charge in [0.1, 0.15) is 0 Å². The van der Waals surface area contributed by atoms with Gasteiger partial charge in [0.25, 0.3) is 0 Å². The third-order valence-corrected chi connectivity index (χ3v) is 3.61. The fourth-order valence-electron chi connectivity index (χ4n) is 2.33. The second-order valence-corrected chi connectivity index (χ2v) is 5.03. The number of rotatable bonds is 8. The van der Waals surface area contributed by atoms with Gasteiger partial charge in [-0.25, -0.2) is 0 Å². The maximum Gasteiger partial charge on any atom is 0.237 e. The predicted molar refractivity (Wildman–Crippen MR) is 82.4 cm³/mol. The molecule has 0 radical (unpaired) electrons. The number of aliphatic hydroxyl groups is 2. The molecule has 1 aromatic carbocycles. The number of carbonyl (C=O) groups excluding carboxylic acids is 1. The number of benzene rings is 1. The van der Waals surface area contributed by atoms with E-state index in [9.17, 15) is 9.90 Å². The summed E-state index contributed by atoms with van der Waals surface area (Å²) in [7, 11) is 1.56. The normalized spacial score (nSPS) is 12.4. The van der Waals surface area contributed by atoms with Gasteiger partial charge in [-0.15, -0.1) is 0 Å². The molecule has 21 heavy (non-hydrogen) atoms. The first kappa shape index (κ1) is 17.4. The van der Waals surface area contributed by atoms with Crippen LogP contribution in [0.5, 0.6) is 0 Å². The van der Waals surface area contributed by atoms with Gasteiger partial charge < -0.3 is 21.3 Å². The SMILES string of the molecule is CNC(=O)C(CCCO)N(CO)Cc1c(C)cccc1N. The van der Waals surface area contributed by atoms with Crippen LogP contribution in [-0.2, 0) is 11.3 Å². The third kappa shape index (κ3) is 4.70. The van der Waals surface area contributed by atoms with Crippen LogP contribution in [0.2, 0.25) is 0 Å². The fraction of sp³-hybridized carbons (Fsp3) is 0.533. The second-order valence-electron chi connectivity index (χ2n) is 5.03. The van der Waals surface area contributed by atoms with Crippen LogP contribution in [0.15, 0.2) is 18.2 Å². The lowest BCUT2D eigenvalue weighted by atomic mass is 10.0. The monoisotopic (exact) mass is 295 g/mol. The smallest absolute Gasteiger partial charge is 0.237 e. The summed E-state index contributed by atoms with van der Waals surface area (Å²) in [5.74, 6) is -0.176. The van der Waals surface area contributed by atoms with E-state index in [1.54, 1.807) is 18.0 Å². The van der Waals surface area contributed by atoms with Gasteiger partial charge in [-0.2, -0.15) is 0 Å². The lowest BCUT2D eigenvalue weighted by molar-refractivity contribution is -0.128. The van der Waals surface area contributed by atoms with Gasteiger partial charge in [-0.05, 0) is 37.0 Å². The zero-order chi connectivity index (χ0) is 15.8. The highest BCUT2D eigenvalue weighted by Crippen LogP contribution is 2.20. The standard InChI is InChI=1S/C15H25N3O3/c1-11-5-3-6-13(16)12(11)9-18(10-20)14(7-4-8-19)15(21)17-2/h3,5-6,14,19-20H,4,7-10,16H2,1-2H3,(H,17,21). The van der Waals surface area contributed by atoms with Gasteiger partial charge in [-0.1, -0.05) is 12.1 Å². The molecule has 1 rings (SSSR count). The Morgan fingerprint density at radius 2 is 2.14 bits per heavy atom. The van der Waals surface area contributed by atoms with E-state index in [2.05, 4.69) is 5.32 Å². The second kappa shape index (κ2) is 8.61. The number of aliphatic hydroxyl groups excluding tert-OH is 2. The Morgan fingerprint density at radius 3 is 2.67 bits per heavy atom. The van der Waals surface area contributed by atoms with Crippen molar-refractivity contribution in [3.63, 3.8) is 0 Å². The molecule has 0 aliphatic carbocycles. The fourth-order valence-corrected chi connectivity index (χ4v) is 2.33. The van der Waals surface area contributed by atoms with Crippen LogP contribution < -0.4 is 11.1 Å². The molecule has 1 aromatic rings. The summed E-state index contributed by atoms with van der Waals surface area (Å²) >= 11 is 0. The molecule has 1 unspecified atom stereocenters. The van der Waals surface area contributed by atoms with E-state index < -0.39 is 6.04 Å². The molecule has 0 saturated carbocycles. The molecule has 0 saturated heterocycles. The summed E-state index contributed by atoms with van der Waals surface area (Å²) in [4.78, 5) is 13.7. The number of nitrogen functional groups attached to an aromatic ring is 1. The van der Waals surface area contributed by atoms with Crippen LogP contribution in [0.1, 0.15) is 24.0 Å². The molecule has 0 aromatic heterocycles. The molecule has 0 spiro atoms. The number of hydrogen-bond donors (Lipinski definition) is 4. The first-order valence-corrected chi connectivity index (χ1v) is 7.06. The average molecular weight is 295 g/mol. The van der Waals surface area contributed by atoms with Crippen LogP contribution in [0.25, 0.3) is 0 Å². The topological polar surface area (TPSA) is 98.8 Å². The molecule has 6 heteroatoms. The first-order chi connectivity index (χ1) is 10.0. The van der Waals surface area contributed by atoms with Gasteiger partial charge in [-0.3, -0.25) is 9.69 Å².